The largest absolute Gasteiger partial charge is 0.103 e. The van der Waals surface area contributed by atoms with Gasteiger partial charge in [-0.05, 0) is 24.2 Å². The molecule has 0 aromatic rings. The maximum absolute atomic E-state index is 3.78. The predicted molar refractivity (Wildman–Crippen MR) is 36.7 cm³/mol. The summed E-state index contributed by atoms with van der Waals surface area (Å²) in [5.74, 6) is 0.794. The predicted octanol–water partition coefficient (Wildman–Crippen LogP) is 2.61. The van der Waals surface area contributed by atoms with Crippen molar-refractivity contribution >= 4 is 0 Å². The first kappa shape index (κ1) is 5.87. The Kier molecular flexibility index (Phi) is 1.18. The van der Waals surface area contributed by atoms with E-state index in [4.69, 9.17) is 0 Å². The molecular weight excluding hydrogens is 96.1 g/mol. The fraction of sp³-hybridized carbons (Fsp3) is 0.750. The van der Waals surface area contributed by atoms with Gasteiger partial charge in [0.15, 0.2) is 0 Å². The van der Waals surface area contributed by atoms with Gasteiger partial charge in [0, 0.05) is 0 Å². The Labute approximate surface area is 51.6 Å². The Morgan fingerprint density at radius 1 is 1.62 bits per heavy atom. The molecule has 0 nitrogen and oxygen atoms in total. The molecule has 0 aromatic heterocycles. The van der Waals surface area contributed by atoms with Crippen molar-refractivity contribution in [1.29, 1.82) is 0 Å². The van der Waals surface area contributed by atoms with Gasteiger partial charge < -0.3 is 0 Å². The minimum absolute atomic E-state index is 0.571. The molecule has 46 valence electrons. The number of hydrogen-bond donors (Lipinski definition) is 0. The van der Waals surface area contributed by atoms with E-state index in [1.165, 1.54) is 12.8 Å². The van der Waals surface area contributed by atoms with Crippen molar-refractivity contribution in [2.75, 3.05) is 0 Å². The Morgan fingerprint density at radius 3 is 2.25 bits per heavy atom. The van der Waals surface area contributed by atoms with Gasteiger partial charge in [-0.25, -0.2) is 0 Å². The molecule has 0 radical (unpaired) electrons. The monoisotopic (exact) mass is 110 g/mol. The number of hydrogen-bond acceptors (Lipinski definition) is 0. The number of allylic oxidation sites excluding steroid dienone is 1. The van der Waals surface area contributed by atoms with Crippen molar-refractivity contribution in [2.45, 2.75) is 26.7 Å². The molecule has 1 rings (SSSR count). The van der Waals surface area contributed by atoms with E-state index in [0.717, 1.165) is 5.92 Å². The minimum atomic E-state index is 0.571. The summed E-state index contributed by atoms with van der Waals surface area (Å²) in [6.07, 6.45) is 4.82. The SMILES string of the molecule is C=CC1CCC1(C)C. The van der Waals surface area contributed by atoms with Gasteiger partial charge in [0.2, 0.25) is 0 Å². The van der Waals surface area contributed by atoms with Gasteiger partial charge in [-0.2, -0.15) is 0 Å². The van der Waals surface area contributed by atoms with Gasteiger partial charge in [0.25, 0.3) is 0 Å². The van der Waals surface area contributed by atoms with E-state index in [9.17, 15) is 0 Å². The van der Waals surface area contributed by atoms with Gasteiger partial charge >= 0.3 is 0 Å². The summed E-state index contributed by atoms with van der Waals surface area (Å²) in [6, 6.07) is 0. The maximum atomic E-state index is 3.78. The Hall–Kier alpha value is -0.260. The molecule has 1 atom stereocenters. The molecule has 0 bridgehead atoms. The van der Waals surface area contributed by atoms with Crippen molar-refractivity contribution in [2.24, 2.45) is 11.3 Å². The lowest BCUT2D eigenvalue weighted by Crippen LogP contribution is -2.32. The highest BCUT2D eigenvalue weighted by Crippen LogP contribution is 2.46. The van der Waals surface area contributed by atoms with E-state index in [1.807, 2.05) is 0 Å². The van der Waals surface area contributed by atoms with Crippen LogP contribution in [0.1, 0.15) is 26.7 Å². The zero-order chi connectivity index (χ0) is 6.20. The topological polar surface area (TPSA) is 0 Å². The highest BCUT2D eigenvalue weighted by atomic mass is 14.4. The van der Waals surface area contributed by atoms with Crippen LogP contribution in [0.5, 0.6) is 0 Å². The van der Waals surface area contributed by atoms with Crippen LogP contribution in [0.2, 0.25) is 0 Å². The van der Waals surface area contributed by atoms with Crippen molar-refractivity contribution in [3.63, 3.8) is 0 Å². The standard InChI is InChI=1S/C8H14/c1-4-7-5-6-8(7,2)3/h4,7H,1,5-6H2,2-3H3. The molecule has 0 heteroatoms. The van der Waals surface area contributed by atoms with Crippen LogP contribution < -0.4 is 0 Å². The molecule has 0 saturated heterocycles. The van der Waals surface area contributed by atoms with E-state index in [1.54, 1.807) is 0 Å². The highest BCUT2D eigenvalue weighted by Gasteiger charge is 2.35. The fourth-order valence-electron chi connectivity index (χ4n) is 1.33. The second-order valence-corrected chi connectivity index (χ2v) is 3.37. The van der Waals surface area contributed by atoms with Crippen LogP contribution in [-0.2, 0) is 0 Å². The summed E-state index contributed by atoms with van der Waals surface area (Å²) in [7, 11) is 0. The first-order chi connectivity index (χ1) is 3.67. The van der Waals surface area contributed by atoms with Crippen LogP contribution in [-0.4, -0.2) is 0 Å². The molecule has 0 aromatic carbocycles. The molecule has 0 aliphatic heterocycles. The van der Waals surface area contributed by atoms with E-state index in [0.29, 0.717) is 5.41 Å². The fourth-order valence-corrected chi connectivity index (χ4v) is 1.33. The van der Waals surface area contributed by atoms with Crippen LogP contribution in [0, 0.1) is 11.3 Å². The lowest BCUT2D eigenvalue weighted by Gasteiger charge is -2.42. The molecule has 0 amide bonds. The Balaban J connectivity index is 2.49. The van der Waals surface area contributed by atoms with Crippen LogP contribution in [0.25, 0.3) is 0 Å². The normalized spacial score (nSPS) is 33.5. The van der Waals surface area contributed by atoms with Crippen molar-refractivity contribution < 1.29 is 0 Å². The Bertz CT molecular complexity index is 101. The first-order valence-electron chi connectivity index (χ1n) is 3.29. The second-order valence-electron chi connectivity index (χ2n) is 3.37. The third-order valence-electron chi connectivity index (χ3n) is 2.39. The van der Waals surface area contributed by atoms with Gasteiger partial charge in [-0.1, -0.05) is 19.9 Å². The van der Waals surface area contributed by atoms with Crippen LogP contribution in [0.3, 0.4) is 0 Å². The van der Waals surface area contributed by atoms with Crippen LogP contribution in [0.4, 0.5) is 0 Å². The molecule has 0 N–H and O–H groups in total. The highest BCUT2D eigenvalue weighted by molar-refractivity contribution is 4.97. The molecule has 1 fully saturated rings. The van der Waals surface area contributed by atoms with Gasteiger partial charge in [0.1, 0.15) is 0 Å². The summed E-state index contributed by atoms with van der Waals surface area (Å²) in [5.41, 5.74) is 0.571. The van der Waals surface area contributed by atoms with Gasteiger partial charge in [-0.3, -0.25) is 0 Å². The third-order valence-corrected chi connectivity index (χ3v) is 2.39. The van der Waals surface area contributed by atoms with E-state index in [-0.39, 0.29) is 0 Å². The zero-order valence-electron chi connectivity index (χ0n) is 5.78. The van der Waals surface area contributed by atoms with Crippen molar-refractivity contribution in [3.8, 4) is 0 Å². The van der Waals surface area contributed by atoms with E-state index in [2.05, 4.69) is 26.5 Å². The zero-order valence-corrected chi connectivity index (χ0v) is 5.78. The molecular formula is C8H14. The average Bonchev–Trinajstić information content (AvgIpc) is 1.66. The van der Waals surface area contributed by atoms with Crippen LogP contribution in [0.15, 0.2) is 12.7 Å². The molecule has 0 heterocycles. The quantitative estimate of drug-likeness (QED) is 0.455. The first-order valence-corrected chi connectivity index (χ1v) is 3.29. The molecule has 0 spiro atoms. The van der Waals surface area contributed by atoms with Gasteiger partial charge in [-0.15, -0.1) is 6.58 Å². The molecule has 1 unspecified atom stereocenters. The van der Waals surface area contributed by atoms with Crippen molar-refractivity contribution in [3.05, 3.63) is 12.7 Å². The lowest BCUT2D eigenvalue weighted by molar-refractivity contribution is 0.114. The summed E-state index contributed by atoms with van der Waals surface area (Å²) < 4.78 is 0. The van der Waals surface area contributed by atoms with E-state index < -0.39 is 0 Å². The average molecular weight is 110 g/mol. The van der Waals surface area contributed by atoms with Gasteiger partial charge in [0.05, 0.1) is 0 Å². The number of rotatable bonds is 1. The summed E-state index contributed by atoms with van der Waals surface area (Å²) in [5, 5.41) is 0. The molecule has 1 aliphatic rings. The Morgan fingerprint density at radius 2 is 2.25 bits per heavy atom. The summed E-state index contributed by atoms with van der Waals surface area (Å²) in [6.45, 7) is 8.40. The maximum Gasteiger partial charge on any atom is -0.0185 e. The molecule has 8 heavy (non-hydrogen) atoms. The lowest BCUT2D eigenvalue weighted by atomic mass is 9.63. The third kappa shape index (κ3) is 0.683. The summed E-state index contributed by atoms with van der Waals surface area (Å²) >= 11 is 0. The summed E-state index contributed by atoms with van der Waals surface area (Å²) in [4.78, 5) is 0. The second kappa shape index (κ2) is 1.61. The minimum Gasteiger partial charge on any atom is -0.103 e. The van der Waals surface area contributed by atoms with Crippen LogP contribution >= 0.6 is 0 Å². The smallest absolute Gasteiger partial charge is 0.0185 e. The van der Waals surface area contributed by atoms with E-state index >= 15 is 0 Å². The molecule has 1 aliphatic carbocycles. The van der Waals surface area contributed by atoms with Crippen molar-refractivity contribution in [1.82, 2.24) is 0 Å². The molecule has 1 saturated carbocycles.